The van der Waals surface area contributed by atoms with E-state index in [0.29, 0.717) is 56.2 Å². The molecule has 0 radical (unpaired) electrons. The molecular formula is C45H52ClF2N7O8. The standard InChI is InChI=1S/C27H26ClF2N3O2.C15H18N4O6.C3H8/c28-22-9-8-20(15-26(22)33(34)35)25-7-4-12-32(25)21-16-23(29)27(24(30)17-21)31-13-10-19(11-14-31)18-5-2-1-3-6-18;1-25-15(22)16-9-13(20)18-8-4-7-12(18)14(21)17-10-5-2-3-6-11(10)19(23)24;1-3-2/h1-3,5-6,8-9,15-17,19,25H,4,7,10-14H2;2-3,5-6,12H,4,7-9H2,1H3,(H,16,22)(H,17,21);3H2,1-2H3. The molecule has 0 aliphatic carbocycles. The molecule has 4 aromatic carbocycles. The monoisotopic (exact) mass is 891 g/mol. The summed E-state index contributed by atoms with van der Waals surface area (Å²) in [6, 6.07) is 22.6. The zero-order valence-electron chi connectivity index (χ0n) is 35.4. The summed E-state index contributed by atoms with van der Waals surface area (Å²) in [7, 11) is 1.18. The maximum Gasteiger partial charge on any atom is 0.407 e. The number of carbonyl (C=O) groups excluding carboxylic acids is 3. The van der Waals surface area contributed by atoms with Crippen molar-refractivity contribution in [3.05, 3.63) is 133 Å². The molecule has 4 aromatic rings. The lowest BCUT2D eigenvalue weighted by molar-refractivity contribution is -0.384. The Labute approximate surface area is 369 Å². The van der Waals surface area contributed by atoms with Crippen molar-refractivity contribution in [2.75, 3.05) is 55.0 Å². The summed E-state index contributed by atoms with van der Waals surface area (Å²) in [5.74, 6) is -1.69. The number of carbonyl (C=O) groups is 3. The molecule has 15 nitrogen and oxygen atoms in total. The first-order valence-electron chi connectivity index (χ1n) is 20.9. The Balaban J connectivity index is 0.000000236. The second kappa shape index (κ2) is 22.6. The van der Waals surface area contributed by atoms with Crippen molar-refractivity contribution in [3.8, 4) is 0 Å². The van der Waals surface area contributed by atoms with Crippen LogP contribution in [-0.2, 0) is 14.3 Å². The molecular weight excluding hydrogens is 840 g/mol. The third-order valence-corrected chi connectivity index (χ3v) is 11.3. The number of nitro groups is 2. The van der Waals surface area contributed by atoms with Gasteiger partial charge in [0.15, 0.2) is 11.6 Å². The summed E-state index contributed by atoms with van der Waals surface area (Å²) in [5, 5.41) is 27.2. The number of para-hydroxylation sites is 2. The number of amides is 3. The van der Waals surface area contributed by atoms with Gasteiger partial charge in [-0.15, -0.1) is 0 Å². The first-order valence-corrected chi connectivity index (χ1v) is 21.3. The second-order valence-corrected chi connectivity index (χ2v) is 15.7. The van der Waals surface area contributed by atoms with Gasteiger partial charge >= 0.3 is 6.09 Å². The highest BCUT2D eigenvalue weighted by Crippen LogP contribution is 2.41. The maximum absolute atomic E-state index is 15.3. The fourth-order valence-corrected chi connectivity index (χ4v) is 8.28. The van der Waals surface area contributed by atoms with Crippen molar-refractivity contribution in [1.29, 1.82) is 0 Å². The van der Waals surface area contributed by atoms with Crippen LogP contribution in [-0.4, -0.2) is 78.5 Å². The number of hydrogen-bond acceptors (Lipinski definition) is 10. The Morgan fingerprint density at radius 3 is 2.05 bits per heavy atom. The van der Waals surface area contributed by atoms with Gasteiger partial charge in [0, 0.05) is 44.0 Å². The van der Waals surface area contributed by atoms with Crippen LogP contribution in [0.15, 0.2) is 84.9 Å². The Morgan fingerprint density at radius 2 is 1.41 bits per heavy atom. The minimum atomic E-state index is -0.744. The van der Waals surface area contributed by atoms with Crippen LogP contribution in [0.1, 0.15) is 81.9 Å². The summed E-state index contributed by atoms with van der Waals surface area (Å²) in [5.41, 5.74) is 2.14. The molecule has 336 valence electrons. The molecule has 3 fully saturated rings. The summed E-state index contributed by atoms with van der Waals surface area (Å²) in [6.45, 7) is 6.13. The largest absolute Gasteiger partial charge is 0.453 e. The number of halogens is 3. The second-order valence-electron chi connectivity index (χ2n) is 15.3. The number of methoxy groups -OCH3 is 1. The lowest BCUT2D eigenvalue weighted by Gasteiger charge is -2.35. The number of piperidine rings is 1. The van der Waals surface area contributed by atoms with E-state index in [-0.39, 0.29) is 40.4 Å². The highest BCUT2D eigenvalue weighted by Gasteiger charge is 2.35. The molecule has 7 rings (SSSR count). The average Bonchev–Trinajstić information content (AvgIpc) is 3.98. The zero-order valence-corrected chi connectivity index (χ0v) is 36.2. The predicted octanol–water partition coefficient (Wildman–Crippen LogP) is 9.55. The number of hydrogen-bond donors (Lipinski definition) is 2. The molecule has 3 amide bonds. The highest BCUT2D eigenvalue weighted by molar-refractivity contribution is 6.32. The predicted molar refractivity (Wildman–Crippen MR) is 237 cm³/mol. The number of likely N-dealkylation sites (tertiary alicyclic amines) is 1. The van der Waals surface area contributed by atoms with E-state index in [1.807, 2.05) is 23.1 Å². The number of alkyl carbamates (subject to hydrolysis) is 1. The van der Waals surface area contributed by atoms with E-state index < -0.39 is 45.4 Å². The number of benzene rings is 4. The number of nitro benzene ring substituents is 2. The molecule has 18 heteroatoms. The van der Waals surface area contributed by atoms with Crippen LogP contribution in [0.5, 0.6) is 0 Å². The summed E-state index contributed by atoms with van der Waals surface area (Å²) < 4.78 is 35.0. The Bertz CT molecular complexity index is 2220. The van der Waals surface area contributed by atoms with Gasteiger partial charge in [0.2, 0.25) is 11.8 Å². The van der Waals surface area contributed by atoms with Gasteiger partial charge in [-0.1, -0.05) is 80.4 Å². The molecule has 3 aliphatic heterocycles. The van der Waals surface area contributed by atoms with Gasteiger partial charge in [0.25, 0.3) is 11.4 Å². The third-order valence-electron chi connectivity index (χ3n) is 11.0. The van der Waals surface area contributed by atoms with Gasteiger partial charge in [-0.05, 0) is 79.8 Å². The van der Waals surface area contributed by atoms with Crippen molar-refractivity contribution in [2.24, 2.45) is 0 Å². The highest BCUT2D eigenvalue weighted by atomic mass is 35.5. The normalized spacial score (nSPS) is 17.1. The maximum atomic E-state index is 15.3. The summed E-state index contributed by atoms with van der Waals surface area (Å²) >= 11 is 5.97. The van der Waals surface area contributed by atoms with E-state index in [1.54, 1.807) is 17.0 Å². The van der Waals surface area contributed by atoms with Gasteiger partial charge in [0.05, 0.1) is 23.0 Å². The van der Waals surface area contributed by atoms with E-state index in [9.17, 15) is 34.6 Å². The zero-order chi connectivity index (χ0) is 45.6. The van der Waals surface area contributed by atoms with Crippen molar-refractivity contribution < 1.29 is 37.7 Å². The summed E-state index contributed by atoms with van der Waals surface area (Å²) in [4.78, 5) is 62.0. The van der Waals surface area contributed by atoms with Crippen LogP contribution in [0.4, 0.5) is 42.0 Å². The fraction of sp³-hybridized carbons (Fsp3) is 0.400. The van der Waals surface area contributed by atoms with Crippen molar-refractivity contribution in [1.82, 2.24) is 10.2 Å². The van der Waals surface area contributed by atoms with Crippen LogP contribution >= 0.6 is 11.6 Å². The topological polar surface area (TPSA) is 181 Å². The van der Waals surface area contributed by atoms with Crippen LogP contribution in [0.25, 0.3) is 0 Å². The van der Waals surface area contributed by atoms with Gasteiger partial charge in [-0.3, -0.25) is 29.8 Å². The molecule has 2 atom stereocenters. The first kappa shape index (κ1) is 47.7. The van der Waals surface area contributed by atoms with E-state index >= 15 is 8.78 Å². The molecule has 2 unspecified atom stereocenters. The number of nitrogens with zero attached hydrogens (tertiary/aromatic N) is 5. The van der Waals surface area contributed by atoms with E-state index in [0.717, 1.165) is 25.7 Å². The van der Waals surface area contributed by atoms with Crippen LogP contribution < -0.4 is 20.4 Å². The number of nitrogens with one attached hydrogen (secondary N) is 2. The molecule has 3 saturated heterocycles. The minimum Gasteiger partial charge on any atom is -0.453 e. The molecule has 3 heterocycles. The van der Waals surface area contributed by atoms with Crippen LogP contribution in [0, 0.1) is 31.9 Å². The lowest BCUT2D eigenvalue weighted by Crippen LogP contribution is -2.47. The minimum absolute atomic E-state index is 0.0261. The lowest BCUT2D eigenvalue weighted by atomic mass is 9.89. The molecule has 0 spiro atoms. The van der Waals surface area contributed by atoms with Crippen LogP contribution in [0.2, 0.25) is 5.02 Å². The molecule has 2 N–H and O–H groups in total. The molecule has 0 saturated carbocycles. The molecule has 0 bridgehead atoms. The first-order chi connectivity index (χ1) is 30.3. The number of rotatable bonds is 10. The van der Waals surface area contributed by atoms with E-state index in [4.69, 9.17) is 11.6 Å². The Kier molecular flexibility index (Phi) is 17.1. The number of ether oxygens (including phenoxy) is 1. The average molecular weight is 892 g/mol. The van der Waals surface area contributed by atoms with E-state index in [2.05, 4.69) is 41.4 Å². The Morgan fingerprint density at radius 1 is 0.794 bits per heavy atom. The fourth-order valence-electron chi connectivity index (χ4n) is 8.09. The quantitative estimate of drug-likeness (QED) is 0.115. The summed E-state index contributed by atoms with van der Waals surface area (Å²) in [6.07, 6.45) is 4.81. The van der Waals surface area contributed by atoms with Crippen molar-refractivity contribution in [3.63, 3.8) is 0 Å². The van der Waals surface area contributed by atoms with E-state index in [1.165, 1.54) is 66.5 Å². The molecule has 0 aromatic heterocycles. The number of anilines is 3. The van der Waals surface area contributed by atoms with Gasteiger partial charge in [-0.25, -0.2) is 13.6 Å². The van der Waals surface area contributed by atoms with Crippen LogP contribution in [0.3, 0.4) is 0 Å². The molecule has 63 heavy (non-hydrogen) atoms. The van der Waals surface area contributed by atoms with Gasteiger partial charge in [0.1, 0.15) is 29.0 Å². The SMILES string of the molecule is CCC.COC(=O)NCC(=O)N1CCCC1C(=O)Nc1ccccc1[N+](=O)[O-].O=[N+]([O-])c1cc(C2CCCN2c2cc(F)c(N3CCC(c4ccccc4)CC3)c(F)c2)ccc1Cl. The van der Waals surface area contributed by atoms with Gasteiger partial charge in [-0.2, -0.15) is 0 Å². The van der Waals surface area contributed by atoms with Crippen molar-refractivity contribution in [2.45, 2.75) is 76.8 Å². The smallest absolute Gasteiger partial charge is 0.407 e. The molecule has 3 aliphatic rings. The Hall–Kier alpha value is -6.36. The third kappa shape index (κ3) is 12.2. The van der Waals surface area contributed by atoms with Crippen molar-refractivity contribution >= 4 is 57.9 Å². The van der Waals surface area contributed by atoms with Gasteiger partial charge < -0.3 is 30.1 Å².